The van der Waals surface area contributed by atoms with Gasteiger partial charge >= 0.3 is 0 Å². The summed E-state index contributed by atoms with van der Waals surface area (Å²) in [6.45, 7) is 6.38. The maximum atomic E-state index is 5.99. The van der Waals surface area contributed by atoms with Crippen LogP contribution in [-0.2, 0) is 19.9 Å². The maximum absolute atomic E-state index is 5.99. The van der Waals surface area contributed by atoms with Crippen molar-refractivity contribution in [1.82, 2.24) is 14.7 Å². The van der Waals surface area contributed by atoms with Crippen LogP contribution in [-0.4, -0.2) is 53.9 Å². The molecule has 0 atom stereocenters. The van der Waals surface area contributed by atoms with E-state index in [0.717, 1.165) is 50.1 Å². The van der Waals surface area contributed by atoms with E-state index in [2.05, 4.69) is 39.0 Å². The van der Waals surface area contributed by atoms with E-state index >= 15 is 0 Å². The number of nitrogens with zero attached hydrogens (tertiary/aromatic N) is 4. The minimum atomic E-state index is 0.801. The summed E-state index contributed by atoms with van der Waals surface area (Å²) in [6.07, 6.45) is 4.93. The fourth-order valence-electron chi connectivity index (χ4n) is 4.13. The zero-order chi connectivity index (χ0) is 17.9. The van der Waals surface area contributed by atoms with E-state index in [9.17, 15) is 0 Å². The lowest BCUT2D eigenvalue weighted by atomic mass is 9.97. The molecule has 140 valence electrons. The standard InChI is InChI=1S/C20H28ClN5/c1-24-19-5-3-2-4-18(19)20(23-24)22-10-11-25-12-14-26(15-13-25)17-8-6-16(21)7-9-17/h6-9H,2-5,10-15H2,1H3,(H,22,23). The van der Waals surface area contributed by atoms with Crippen LogP contribution in [0.4, 0.5) is 11.5 Å². The number of rotatable bonds is 5. The number of hydrogen-bond donors (Lipinski definition) is 1. The van der Waals surface area contributed by atoms with Gasteiger partial charge in [-0.05, 0) is 49.9 Å². The molecule has 0 spiro atoms. The Morgan fingerprint density at radius 3 is 2.54 bits per heavy atom. The Morgan fingerprint density at radius 1 is 1.04 bits per heavy atom. The van der Waals surface area contributed by atoms with Gasteiger partial charge in [0, 0.05) is 68.3 Å². The lowest BCUT2D eigenvalue weighted by Gasteiger charge is -2.36. The van der Waals surface area contributed by atoms with Crippen molar-refractivity contribution in [2.45, 2.75) is 25.7 Å². The molecule has 1 aromatic carbocycles. The van der Waals surface area contributed by atoms with E-state index in [1.807, 2.05) is 12.1 Å². The van der Waals surface area contributed by atoms with Gasteiger partial charge in [-0.3, -0.25) is 9.58 Å². The molecule has 4 rings (SSSR count). The highest BCUT2D eigenvalue weighted by Gasteiger charge is 2.20. The number of hydrogen-bond acceptors (Lipinski definition) is 4. The summed E-state index contributed by atoms with van der Waals surface area (Å²) in [6, 6.07) is 8.18. The van der Waals surface area contributed by atoms with Gasteiger partial charge < -0.3 is 10.2 Å². The van der Waals surface area contributed by atoms with Gasteiger partial charge in [0.15, 0.2) is 5.82 Å². The lowest BCUT2D eigenvalue weighted by Crippen LogP contribution is -2.47. The molecule has 0 saturated carbocycles. The average molecular weight is 374 g/mol. The maximum Gasteiger partial charge on any atom is 0.151 e. The van der Waals surface area contributed by atoms with E-state index < -0.39 is 0 Å². The SMILES string of the molecule is Cn1nc(NCCN2CCN(c3ccc(Cl)cc3)CC2)c2c1CCCC2. The first-order chi connectivity index (χ1) is 12.7. The van der Waals surface area contributed by atoms with E-state index in [4.69, 9.17) is 16.7 Å². The van der Waals surface area contributed by atoms with Gasteiger partial charge in [0.25, 0.3) is 0 Å². The topological polar surface area (TPSA) is 36.3 Å². The number of nitrogens with one attached hydrogen (secondary N) is 1. The summed E-state index contributed by atoms with van der Waals surface area (Å²) in [5, 5.41) is 9.09. The minimum Gasteiger partial charge on any atom is -0.369 e. The van der Waals surface area contributed by atoms with Crippen molar-refractivity contribution >= 4 is 23.1 Å². The summed E-state index contributed by atoms with van der Waals surface area (Å²) < 4.78 is 2.07. The third-order valence-corrected chi connectivity index (χ3v) is 5.90. The van der Waals surface area contributed by atoms with Crippen LogP contribution in [0.15, 0.2) is 24.3 Å². The normalized spacial score (nSPS) is 18.0. The first kappa shape index (κ1) is 17.7. The summed E-state index contributed by atoms with van der Waals surface area (Å²) in [7, 11) is 2.07. The molecule has 0 bridgehead atoms. The summed E-state index contributed by atoms with van der Waals surface area (Å²) in [5.41, 5.74) is 4.15. The van der Waals surface area contributed by atoms with Crippen LogP contribution in [0.3, 0.4) is 0 Å². The molecule has 6 heteroatoms. The predicted molar refractivity (Wildman–Crippen MR) is 108 cm³/mol. The van der Waals surface area contributed by atoms with E-state index in [-0.39, 0.29) is 0 Å². The molecule has 5 nitrogen and oxygen atoms in total. The third-order valence-electron chi connectivity index (χ3n) is 5.65. The van der Waals surface area contributed by atoms with Crippen LogP contribution in [0.2, 0.25) is 5.02 Å². The fourth-order valence-corrected chi connectivity index (χ4v) is 4.25. The Hall–Kier alpha value is -1.72. The van der Waals surface area contributed by atoms with Crippen LogP contribution in [0.5, 0.6) is 0 Å². The van der Waals surface area contributed by atoms with E-state index in [0.29, 0.717) is 0 Å². The Morgan fingerprint density at radius 2 is 1.77 bits per heavy atom. The summed E-state index contributed by atoms with van der Waals surface area (Å²) >= 11 is 5.99. The number of piperazine rings is 1. The van der Waals surface area contributed by atoms with Crippen molar-refractivity contribution in [2.24, 2.45) is 7.05 Å². The molecule has 2 heterocycles. The smallest absolute Gasteiger partial charge is 0.151 e. The number of aryl methyl sites for hydroxylation is 1. The van der Waals surface area contributed by atoms with Crippen LogP contribution >= 0.6 is 11.6 Å². The monoisotopic (exact) mass is 373 g/mol. The second-order valence-electron chi connectivity index (χ2n) is 7.34. The molecule has 2 aliphatic rings. The molecule has 1 aliphatic carbocycles. The van der Waals surface area contributed by atoms with Crippen LogP contribution in [0.25, 0.3) is 0 Å². The van der Waals surface area contributed by atoms with E-state index in [1.165, 1.54) is 42.6 Å². The summed E-state index contributed by atoms with van der Waals surface area (Å²) in [4.78, 5) is 4.98. The van der Waals surface area contributed by atoms with Gasteiger partial charge in [-0.25, -0.2) is 0 Å². The minimum absolute atomic E-state index is 0.801. The second-order valence-corrected chi connectivity index (χ2v) is 7.77. The number of halogens is 1. The number of fused-ring (bicyclic) bond motifs is 1. The molecule has 2 aromatic rings. The van der Waals surface area contributed by atoms with Crippen LogP contribution < -0.4 is 10.2 Å². The molecular weight excluding hydrogens is 346 g/mol. The molecule has 1 aliphatic heterocycles. The Balaban J connectivity index is 1.25. The van der Waals surface area contributed by atoms with Gasteiger partial charge in [0.1, 0.15) is 0 Å². The van der Waals surface area contributed by atoms with Crippen molar-refractivity contribution in [2.75, 3.05) is 49.5 Å². The molecule has 1 saturated heterocycles. The molecule has 0 radical (unpaired) electrons. The van der Waals surface area contributed by atoms with Gasteiger partial charge in [0.2, 0.25) is 0 Å². The van der Waals surface area contributed by atoms with Gasteiger partial charge in [-0.2, -0.15) is 5.10 Å². The Kier molecular flexibility index (Phi) is 5.36. The van der Waals surface area contributed by atoms with Gasteiger partial charge in [-0.15, -0.1) is 0 Å². The average Bonchev–Trinajstić information content (AvgIpc) is 2.99. The first-order valence-electron chi connectivity index (χ1n) is 9.72. The predicted octanol–water partition coefficient (Wildman–Crippen LogP) is 3.19. The number of anilines is 2. The van der Waals surface area contributed by atoms with Crippen LogP contribution in [0, 0.1) is 0 Å². The largest absolute Gasteiger partial charge is 0.369 e. The van der Waals surface area contributed by atoms with Gasteiger partial charge in [0.05, 0.1) is 0 Å². The second kappa shape index (κ2) is 7.89. The Labute approximate surface area is 160 Å². The zero-order valence-corrected chi connectivity index (χ0v) is 16.3. The van der Waals surface area contributed by atoms with Crippen molar-refractivity contribution < 1.29 is 0 Å². The lowest BCUT2D eigenvalue weighted by molar-refractivity contribution is 0.267. The highest BCUT2D eigenvalue weighted by Crippen LogP contribution is 2.27. The van der Waals surface area contributed by atoms with Gasteiger partial charge in [-0.1, -0.05) is 11.6 Å². The quantitative estimate of drug-likeness (QED) is 0.873. The number of aromatic nitrogens is 2. The highest BCUT2D eigenvalue weighted by atomic mass is 35.5. The highest BCUT2D eigenvalue weighted by molar-refractivity contribution is 6.30. The van der Waals surface area contributed by atoms with Crippen LogP contribution in [0.1, 0.15) is 24.1 Å². The molecule has 0 amide bonds. The molecule has 1 N–H and O–H groups in total. The zero-order valence-electron chi connectivity index (χ0n) is 15.5. The molecule has 1 aromatic heterocycles. The molecule has 26 heavy (non-hydrogen) atoms. The third kappa shape index (κ3) is 3.84. The molecular formula is C20H28ClN5. The van der Waals surface area contributed by atoms with Crippen molar-refractivity contribution in [3.63, 3.8) is 0 Å². The first-order valence-corrected chi connectivity index (χ1v) is 10.1. The van der Waals surface area contributed by atoms with Crippen molar-refractivity contribution in [3.8, 4) is 0 Å². The van der Waals surface area contributed by atoms with Crippen molar-refractivity contribution in [3.05, 3.63) is 40.5 Å². The Bertz CT molecular complexity index is 731. The fraction of sp³-hybridized carbons (Fsp3) is 0.550. The molecule has 0 unspecified atom stereocenters. The van der Waals surface area contributed by atoms with Crippen molar-refractivity contribution in [1.29, 1.82) is 0 Å². The number of benzene rings is 1. The van der Waals surface area contributed by atoms with E-state index in [1.54, 1.807) is 0 Å². The summed E-state index contributed by atoms with van der Waals surface area (Å²) in [5.74, 6) is 1.11. The molecule has 1 fully saturated rings.